The first-order valence-corrected chi connectivity index (χ1v) is 2.97. The molecule has 2 fully saturated rings. The van der Waals surface area contributed by atoms with E-state index in [4.69, 9.17) is 0 Å². The maximum atomic E-state index is 3.28. The van der Waals surface area contributed by atoms with E-state index in [0.717, 1.165) is 0 Å². The summed E-state index contributed by atoms with van der Waals surface area (Å²) < 4.78 is 2.33. The molecule has 2 aliphatic rings. The van der Waals surface area contributed by atoms with Crippen LogP contribution >= 0.6 is 11.9 Å². The Bertz CT molecular complexity index is 67.2. The second kappa shape index (κ2) is 0.911. The molecule has 2 unspecified atom stereocenters. The van der Waals surface area contributed by atoms with E-state index in [0.29, 0.717) is 5.50 Å². The van der Waals surface area contributed by atoms with E-state index >= 15 is 0 Å². The van der Waals surface area contributed by atoms with Gasteiger partial charge in [0, 0.05) is 13.1 Å². The Morgan fingerprint density at radius 3 is 3.00 bits per heavy atom. The molecule has 3 heteroatoms. The van der Waals surface area contributed by atoms with Crippen molar-refractivity contribution in [3.8, 4) is 0 Å². The van der Waals surface area contributed by atoms with Crippen molar-refractivity contribution in [3.05, 3.63) is 0 Å². The van der Waals surface area contributed by atoms with Crippen molar-refractivity contribution in [2.45, 2.75) is 5.50 Å². The molecule has 1 N–H and O–H groups in total. The topological polar surface area (TPSA) is 15.0 Å². The first kappa shape index (κ1) is 3.29. The van der Waals surface area contributed by atoms with Gasteiger partial charge in [-0.15, -0.1) is 0 Å². The van der Waals surface area contributed by atoms with Gasteiger partial charge in [-0.1, -0.05) is 0 Å². The van der Waals surface area contributed by atoms with E-state index in [1.807, 2.05) is 11.9 Å². The van der Waals surface area contributed by atoms with Crippen LogP contribution < -0.4 is 5.32 Å². The van der Waals surface area contributed by atoms with Crippen molar-refractivity contribution in [3.63, 3.8) is 0 Å². The van der Waals surface area contributed by atoms with Gasteiger partial charge in [0.05, 0.1) is 0 Å². The smallest absolute Gasteiger partial charge is 0.132 e. The van der Waals surface area contributed by atoms with Crippen molar-refractivity contribution in [2.24, 2.45) is 0 Å². The fourth-order valence-electron chi connectivity index (χ4n) is 0.708. The molecule has 2 saturated heterocycles. The standard InChI is InChI=1S/C3H6N2S/c1-2-5-3(4-1)6-5/h3-4H,1-2H2. The molecule has 2 rings (SSSR count). The molecule has 2 heterocycles. The van der Waals surface area contributed by atoms with Crippen LogP contribution in [0.15, 0.2) is 0 Å². The summed E-state index contributed by atoms with van der Waals surface area (Å²) in [6, 6.07) is 0. The summed E-state index contributed by atoms with van der Waals surface area (Å²) in [5.41, 5.74) is 0.713. The molecule has 0 aromatic carbocycles. The van der Waals surface area contributed by atoms with E-state index in [-0.39, 0.29) is 0 Å². The van der Waals surface area contributed by atoms with E-state index in [2.05, 4.69) is 9.62 Å². The molecule has 34 valence electrons. The van der Waals surface area contributed by atoms with Crippen LogP contribution in [0.25, 0.3) is 0 Å². The van der Waals surface area contributed by atoms with Gasteiger partial charge in [-0.2, -0.15) is 0 Å². The van der Waals surface area contributed by atoms with Gasteiger partial charge in [-0.25, -0.2) is 4.31 Å². The molecule has 0 radical (unpaired) electrons. The van der Waals surface area contributed by atoms with E-state index in [1.54, 1.807) is 0 Å². The SMILES string of the molecule is C1CN2SC2N1. The van der Waals surface area contributed by atoms with Crippen LogP contribution in [-0.4, -0.2) is 22.9 Å². The second-order valence-electron chi connectivity index (χ2n) is 1.55. The van der Waals surface area contributed by atoms with Gasteiger partial charge >= 0.3 is 0 Å². The molecule has 0 bridgehead atoms. The van der Waals surface area contributed by atoms with Crippen LogP contribution in [0.4, 0.5) is 0 Å². The number of nitrogens with one attached hydrogen (secondary N) is 1. The van der Waals surface area contributed by atoms with Crippen molar-refractivity contribution in [1.82, 2.24) is 9.62 Å². The molecule has 0 saturated carbocycles. The lowest BCUT2D eigenvalue weighted by Crippen LogP contribution is -2.10. The Morgan fingerprint density at radius 1 is 1.83 bits per heavy atom. The summed E-state index contributed by atoms with van der Waals surface area (Å²) >= 11 is 1.90. The van der Waals surface area contributed by atoms with Gasteiger partial charge in [0.2, 0.25) is 0 Å². The zero-order chi connectivity index (χ0) is 3.98. The molecular weight excluding hydrogens is 96.1 g/mol. The predicted molar refractivity (Wildman–Crippen MR) is 26.1 cm³/mol. The van der Waals surface area contributed by atoms with Crippen LogP contribution in [0.2, 0.25) is 0 Å². The number of fused-ring (bicyclic) bond motifs is 1. The first-order valence-electron chi connectivity index (χ1n) is 2.13. The van der Waals surface area contributed by atoms with Gasteiger partial charge in [-0.3, -0.25) is 5.32 Å². The number of hydrogen-bond donors (Lipinski definition) is 1. The Morgan fingerprint density at radius 2 is 2.83 bits per heavy atom. The Hall–Kier alpha value is 0.270. The van der Waals surface area contributed by atoms with Crippen molar-refractivity contribution in [1.29, 1.82) is 0 Å². The zero-order valence-electron chi connectivity index (χ0n) is 3.35. The number of nitrogens with zero attached hydrogens (tertiary/aromatic N) is 1. The lowest BCUT2D eigenvalue weighted by molar-refractivity contribution is 0.648. The van der Waals surface area contributed by atoms with Gasteiger partial charge < -0.3 is 0 Å². The van der Waals surface area contributed by atoms with E-state index in [1.165, 1.54) is 13.1 Å². The maximum absolute atomic E-state index is 3.28. The monoisotopic (exact) mass is 102 g/mol. The highest BCUT2D eigenvalue weighted by molar-refractivity contribution is 8.03. The molecule has 2 atom stereocenters. The lowest BCUT2D eigenvalue weighted by atomic mass is 10.7. The molecule has 0 amide bonds. The molecule has 0 aliphatic carbocycles. The lowest BCUT2D eigenvalue weighted by Gasteiger charge is -1.83. The fourth-order valence-corrected chi connectivity index (χ4v) is 1.48. The van der Waals surface area contributed by atoms with E-state index < -0.39 is 0 Å². The van der Waals surface area contributed by atoms with Crippen LogP contribution in [0, 0.1) is 0 Å². The summed E-state index contributed by atoms with van der Waals surface area (Å²) in [5.74, 6) is 0. The first-order chi connectivity index (χ1) is 2.97. The quantitative estimate of drug-likeness (QED) is 0.338. The molecule has 0 aromatic heterocycles. The third-order valence-electron chi connectivity index (χ3n) is 1.10. The minimum Gasteiger partial charge on any atom is -0.290 e. The molecule has 0 aromatic rings. The summed E-state index contributed by atoms with van der Waals surface area (Å²) in [7, 11) is 0. The molecule has 2 aliphatic heterocycles. The van der Waals surface area contributed by atoms with Crippen molar-refractivity contribution < 1.29 is 0 Å². The summed E-state index contributed by atoms with van der Waals surface area (Å²) in [4.78, 5) is 0. The molecule has 6 heavy (non-hydrogen) atoms. The van der Waals surface area contributed by atoms with Crippen LogP contribution in [0.1, 0.15) is 0 Å². The van der Waals surface area contributed by atoms with Crippen LogP contribution in [0.3, 0.4) is 0 Å². The highest BCUT2D eigenvalue weighted by atomic mass is 32.2. The van der Waals surface area contributed by atoms with E-state index in [9.17, 15) is 0 Å². The second-order valence-corrected chi connectivity index (χ2v) is 2.68. The average Bonchev–Trinajstić information content (AvgIpc) is 2.17. The summed E-state index contributed by atoms with van der Waals surface area (Å²) in [5, 5.41) is 3.28. The summed E-state index contributed by atoms with van der Waals surface area (Å²) in [6.45, 7) is 2.44. The highest BCUT2D eigenvalue weighted by Gasteiger charge is 2.39. The van der Waals surface area contributed by atoms with Crippen molar-refractivity contribution in [2.75, 3.05) is 13.1 Å². The minimum atomic E-state index is 0.713. The zero-order valence-corrected chi connectivity index (χ0v) is 4.16. The van der Waals surface area contributed by atoms with Gasteiger partial charge in [0.25, 0.3) is 0 Å². The minimum absolute atomic E-state index is 0.713. The molecule has 0 spiro atoms. The maximum Gasteiger partial charge on any atom is 0.132 e. The molecular formula is C3H6N2S. The van der Waals surface area contributed by atoms with Crippen molar-refractivity contribution >= 4 is 11.9 Å². The van der Waals surface area contributed by atoms with Gasteiger partial charge in [0.15, 0.2) is 0 Å². The Labute approximate surface area is 41.0 Å². The number of rotatable bonds is 0. The fraction of sp³-hybridized carbons (Fsp3) is 1.00. The van der Waals surface area contributed by atoms with Crippen LogP contribution in [0.5, 0.6) is 0 Å². The summed E-state index contributed by atoms with van der Waals surface area (Å²) in [6.07, 6.45) is 0. The molecule has 2 nitrogen and oxygen atoms in total. The Balaban J connectivity index is 2.09. The van der Waals surface area contributed by atoms with Gasteiger partial charge in [-0.05, 0) is 11.9 Å². The third-order valence-corrected chi connectivity index (χ3v) is 2.17. The normalized spacial score (nSPS) is 52.0. The van der Waals surface area contributed by atoms with Crippen LogP contribution in [-0.2, 0) is 0 Å². The highest BCUT2D eigenvalue weighted by Crippen LogP contribution is 2.38. The largest absolute Gasteiger partial charge is 0.290 e. The van der Waals surface area contributed by atoms with Gasteiger partial charge in [0.1, 0.15) is 5.50 Å². The predicted octanol–water partition coefficient (Wildman–Crippen LogP) is -0.163. The third kappa shape index (κ3) is 0.303. The Kier molecular flexibility index (Phi) is 0.500. The average molecular weight is 102 g/mol. The number of hydrogen-bond acceptors (Lipinski definition) is 3.